The normalized spacial score (nSPS) is 22.2. The van der Waals surface area contributed by atoms with Gasteiger partial charge in [0, 0.05) is 50.2 Å². The summed E-state index contributed by atoms with van der Waals surface area (Å²) in [5, 5.41) is 0.740. The van der Waals surface area contributed by atoms with E-state index in [-0.39, 0.29) is 17.6 Å². The zero-order valence-corrected chi connectivity index (χ0v) is 18.9. The number of rotatable bonds is 7. The number of likely N-dealkylation sites (tertiary alicyclic amines) is 1. The highest BCUT2D eigenvalue weighted by Crippen LogP contribution is 2.33. The maximum absolute atomic E-state index is 15.0. The van der Waals surface area contributed by atoms with Gasteiger partial charge in [-0.2, -0.15) is 4.98 Å². The third-order valence-corrected chi connectivity index (χ3v) is 6.94. The van der Waals surface area contributed by atoms with Crippen molar-refractivity contribution in [2.75, 3.05) is 62.2 Å². The summed E-state index contributed by atoms with van der Waals surface area (Å²) in [6, 6.07) is 3.43. The van der Waals surface area contributed by atoms with Gasteiger partial charge in [0.2, 0.25) is 5.95 Å². The zero-order valence-electron chi connectivity index (χ0n) is 18.9. The monoisotopic (exact) mass is 442 g/mol. The molecule has 7 nitrogen and oxygen atoms in total. The molecule has 3 fully saturated rings. The molecule has 3 aliphatic rings. The Bertz CT molecular complexity index is 928. The van der Waals surface area contributed by atoms with Gasteiger partial charge in [-0.25, -0.2) is 9.37 Å². The van der Waals surface area contributed by atoms with Crippen LogP contribution in [0.5, 0.6) is 5.75 Å². The summed E-state index contributed by atoms with van der Waals surface area (Å²) in [6.07, 6.45) is 7.80. The van der Waals surface area contributed by atoms with Crippen molar-refractivity contribution in [1.82, 2.24) is 14.9 Å². The minimum atomic E-state index is -0.348. The standard InChI is InChI=1S/C24H35FN6O/c25-20-15-19-21(16-22(20)32-14-6-10-29-8-1-2-9-29)27-24(30-11-3-4-12-30)28-23(19)31-13-5-7-18(26)17-31/h15-16,18H,1-14,17,26H2. The first-order chi connectivity index (χ1) is 15.7. The number of ether oxygens (including phenoxy) is 1. The predicted octanol–water partition coefficient (Wildman–Crippen LogP) is 3.16. The number of fused-ring (bicyclic) bond motifs is 1. The number of nitrogens with two attached hydrogens (primary N) is 1. The van der Waals surface area contributed by atoms with Crippen LogP contribution < -0.4 is 20.3 Å². The number of piperidine rings is 1. The Balaban J connectivity index is 1.40. The lowest BCUT2D eigenvalue weighted by Gasteiger charge is -2.33. The lowest BCUT2D eigenvalue weighted by molar-refractivity contribution is 0.256. The fourth-order valence-corrected chi connectivity index (χ4v) is 5.19. The summed E-state index contributed by atoms with van der Waals surface area (Å²) < 4.78 is 20.9. The highest BCUT2D eigenvalue weighted by molar-refractivity contribution is 5.91. The Kier molecular flexibility index (Phi) is 6.59. The molecule has 1 aromatic carbocycles. The van der Waals surface area contributed by atoms with Crippen molar-refractivity contribution < 1.29 is 9.13 Å². The van der Waals surface area contributed by atoms with E-state index in [9.17, 15) is 0 Å². The van der Waals surface area contributed by atoms with E-state index < -0.39 is 0 Å². The van der Waals surface area contributed by atoms with Crippen molar-refractivity contribution in [2.24, 2.45) is 5.73 Å². The molecule has 3 saturated heterocycles. The maximum Gasteiger partial charge on any atom is 0.227 e. The third-order valence-electron chi connectivity index (χ3n) is 6.94. The molecular weight excluding hydrogens is 407 g/mol. The molecule has 0 spiro atoms. The highest BCUT2D eigenvalue weighted by atomic mass is 19.1. The molecule has 0 saturated carbocycles. The fraction of sp³-hybridized carbons (Fsp3) is 0.667. The van der Waals surface area contributed by atoms with Gasteiger partial charge in [0.15, 0.2) is 11.6 Å². The number of nitrogens with zero attached hydrogens (tertiary/aromatic N) is 5. The molecule has 0 bridgehead atoms. The number of hydrogen-bond acceptors (Lipinski definition) is 7. The van der Waals surface area contributed by atoms with Crippen molar-refractivity contribution >= 4 is 22.7 Å². The highest BCUT2D eigenvalue weighted by Gasteiger charge is 2.24. The van der Waals surface area contributed by atoms with Crippen LogP contribution in [-0.2, 0) is 0 Å². The quantitative estimate of drug-likeness (QED) is 0.661. The summed E-state index contributed by atoms with van der Waals surface area (Å²) in [7, 11) is 0. The van der Waals surface area contributed by atoms with Gasteiger partial charge < -0.3 is 25.2 Å². The van der Waals surface area contributed by atoms with Crippen LogP contribution in [0.25, 0.3) is 10.9 Å². The van der Waals surface area contributed by atoms with E-state index in [1.165, 1.54) is 25.9 Å². The summed E-state index contributed by atoms with van der Waals surface area (Å²) in [6.45, 7) is 7.41. The SMILES string of the molecule is NC1CCCN(c2nc(N3CCCC3)nc3cc(OCCCN4CCCC4)c(F)cc23)C1. The maximum atomic E-state index is 15.0. The second-order valence-electron chi connectivity index (χ2n) is 9.44. The van der Waals surface area contributed by atoms with E-state index in [0.717, 1.165) is 87.5 Å². The minimum absolute atomic E-state index is 0.118. The number of hydrogen-bond donors (Lipinski definition) is 1. The summed E-state index contributed by atoms with van der Waals surface area (Å²) >= 11 is 0. The molecule has 2 N–H and O–H groups in total. The van der Waals surface area contributed by atoms with E-state index in [2.05, 4.69) is 14.7 Å². The average molecular weight is 443 g/mol. The van der Waals surface area contributed by atoms with Crippen molar-refractivity contribution in [3.63, 3.8) is 0 Å². The van der Waals surface area contributed by atoms with Crippen LogP contribution >= 0.6 is 0 Å². The summed E-state index contributed by atoms with van der Waals surface area (Å²) in [5.41, 5.74) is 6.98. The van der Waals surface area contributed by atoms with Crippen LogP contribution in [0.15, 0.2) is 12.1 Å². The number of aromatic nitrogens is 2. The molecule has 4 heterocycles. The van der Waals surface area contributed by atoms with Crippen LogP contribution in [0.3, 0.4) is 0 Å². The molecule has 5 rings (SSSR count). The lowest BCUT2D eigenvalue weighted by Crippen LogP contribution is -2.43. The molecule has 174 valence electrons. The molecule has 2 aromatic rings. The van der Waals surface area contributed by atoms with Gasteiger partial charge in [0.1, 0.15) is 5.82 Å². The largest absolute Gasteiger partial charge is 0.490 e. The zero-order chi connectivity index (χ0) is 21.9. The predicted molar refractivity (Wildman–Crippen MR) is 126 cm³/mol. The van der Waals surface area contributed by atoms with Crippen LogP contribution in [0.2, 0.25) is 0 Å². The Hall–Kier alpha value is -2.19. The average Bonchev–Trinajstić information content (AvgIpc) is 3.51. The van der Waals surface area contributed by atoms with E-state index in [1.807, 2.05) is 0 Å². The molecule has 0 radical (unpaired) electrons. The topological polar surface area (TPSA) is 70.8 Å². The molecule has 1 atom stereocenters. The van der Waals surface area contributed by atoms with E-state index in [0.29, 0.717) is 6.61 Å². The molecule has 3 aliphatic heterocycles. The van der Waals surface area contributed by atoms with Gasteiger partial charge in [-0.1, -0.05) is 0 Å². The van der Waals surface area contributed by atoms with Gasteiger partial charge in [0.05, 0.1) is 12.1 Å². The first kappa shape index (κ1) is 21.6. The second kappa shape index (κ2) is 9.75. The van der Waals surface area contributed by atoms with E-state index >= 15 is 4.39 Å². The van der Waals surface area contributed by atoms with Crippen molar-refractivity contribution in [3.8, 4) is 5.75 Å². The van der Waals surface area contributed by atoms with Gasteiger partial charge in [-0.15, -0.1) is 0 Å². The van der Waals surface area contributed by atoms with Gasteiger partial charge in [0.25, 0.3) is 0 Å². The summed E-state index contributed by atoms with van der Waals surface area (Å²) in [4.78, 5) is 16.6. The first-order valence-electron chi connectivity index (χ1n) is 12.3. The van der Waals surface area contributed by atoms with Gasteiger partial charge in [-0.3, -0.25) is 0 Å². The van der Waals surface area contributed by atoms with Gasteiger partial charge in [-0.05, 0) is 64.1 Å². The van der Waals surface area contributed by atoms with Crippen LogP contribution in [0, 0.1) is 5.82 Å². The minimum Gasteiger partial charge on any atom is -0.490 e. The number of benzene rings is 1. The number of halogens is 1. The molecule has 0 amide bonds. The smallest absolute Gasteiger partial charge is 0.227 e. The Morgan fingerprint density at radius 3 is 2.50 bits per heavy atom. The van der Waals surface area contributed by atoms with E-state index in [1.54, 1.807) is 12.1 Å². The van der Waals surface area contributed by atoms with Crippen molar-refractivity contribution in [3.05, 3.63) is 17.9 Å². The Morgan fingerprint density at radius 2 is 1.72 bits per heavy atom. The Morgan fingerprint density at radius 1 is 0.969 bits per heavy atom. The first-order valence-corrected chi connectivity index (χ1v) is 12.3. The molecule has 1 aromatic heterocycles. The molecular formula is C24H35FN6O. The van der Waals surface area contributed by atoms with E-state index in [4.69, 9.17) is 20.4 Å². The second-order valence-corrected chi connectivity index (χ2v) is 9.44. The van der Waals surface area contributed by atoms with Crippen molar-refractivity contribution in [2.45, 2.75) is 51.0 Å². The third kappa shape index (κ3) is 4.76. The number of anilines is 2. The van der Waals surface area contributed by atoms with Crippen LogP contribution in [-0.4, -0.2) is 73.3 Å². The molecule has 1 unspecified atom stereocenters. The Labute approximate surface area is 189 Å². The molecule has 0 aliphatic carbocycles. The van der Waals surface area contributed by atoms with Gasteiger partial charge >= 0.3 is 0 Å². The molecule has 32 heavy (non-hydrogen) atoms. The lowest BCUT2D eigenvalue weighted by atomic mass is 10.1. The summed E-state index contributed by atoms with van der Waals surface area (Å²) in [5.74, 6) is 1.47. The molecule has 8 heteroatoms. The van der Waals surface area contributed by atoms with Crippen LogP contribution in [0.4, 0.5) is 16.2 Å². The fourth-order valence-electron chi connectivity index (χ4n) is 5.19. The van der Waals surface area contributed by atoms with Crippen molar-refractivity contribution in [1.29, 1.82) is 0 Å². The van der Waals surface area contributed by atoms with Crippen LogP contribution in [0.1, 0.15) is 44.9 Å².